The molecule has 1 aromatic rings. The molecule has 0 aromatic carbocycles. The molecule has 5 nitrogen and oxygen atoms in total. The summed E-state index contributed by atoms with van der Waals surface area (Å²) in [4.78, 5) is 19.0. The summed E-state index contributed by atoms with van der Waals surface area (Å²) < 4.78 is 5.18. The fraction of sp³-hybridized carbons (Fsp3) is 0.375. The molecule has 0 unspecified atom stereocenters. The van der Waals surface area contributed by atoms with E-state index >= 15 is 0 Å². The molecule has 2 aliphatic rings. The molecule has 1 fully saturated rings. The number of carbonyl (C=O) groups excluding carboxylic acids is 1. The second-order valence-corrected chi connectivity index (χ2v) is 3.29. The third kappa shape index (κ3) is 0.838. The van der Waals surface area contributed by atoms with Gasteiger partial charge in [-0.15, -0.1) is 0 Å². The van der Waals surface area contributed by atoms with E-state index < -0.39 is 11.7 Å². The fourth-order valence-electron chi connectivity index (χ4n) is 1.60. The summed E-state index contributed by atoms with van der Waals surface area (Å²) in [7, 11) is 0. The quantitative estimate of drug-likeness (QED) is 0.642. The summed E-state index contributed by atoms with van der Waals surface area (Å²) in [6.07, 6.45) is 4.46. The predicted molar refractivity (Wildman–Crippen MR) is 43.0 cm³/mol. The average Bonchev–Trinajstić information content (AvgIpc) is 2.85. The maximum atomic E-state index is 11.1. The molecule has 0 radical (unpaired) electrons. The molecule has 1 aliphatic carbocycles. The maximum Gasteiger partial charge on any atom is 0.413 e. The first kappa shape index (κ1) is 6.82. The average molecular weight is 177 g/mol. The van der Waals surface area contributed by atoms with Gasteiger partial charge in [0.15, 0.2) is 0 Å². The number of carbonyl (C=O) groups is 1. The van der Waals surface area contributed by atoms with E-state index in [0.29, 0.717) is 5.82 Å². The van der Waals surface area contributed by atoms with Crippen LogP contribution < -0.4 is 5.32 Å². The van der Waals surface area contributed by atoms with Crippen molar-refractivity contribution in [3.8, 4) is 0 Å². The number of hydrogen-bond acceptors (Lipinski definition) is 4. The second-order valence-electron chi connectivity index (χ2n) is 3.29. The third-order valence-electron chi connectivity index (χ3n) is 2.42. The van der Waals surface area contributed by atoms with Gasteiger partial charge in [0.25, 0.3) is 0 Å². The summed E-state index contributed by atoms with van der Waals surface area (Å²) in [5.41, 5.74) is 0.494. The zero-order valence-electron chi connectivity index (χ0n) is 6.78. The Hall–Kier alpha value is -1.65. The van der Waals surface area contributed by atoms with Gasteiger partial charge in [0.2, 0.25) is 0 Å². The standard InChI is InChI=1S/C8H7N3O2/c12-7-11-6-5(3-9-4-10-6)8(13-7)1-2-8/h3-4H,1-2H2,(H,9,10,11,12). The van der Waals surface area contributed by atoms with Gasteiger partial charge in [-0.1, -0.05) is 0 Å². The Bertz CT molecular complexity index is 387. The van der Waals surface area contributed by atoms with E-state index in [1.165, 1.54) is 6.33 Å². The van der Waals surface area contributed by atoms with Crippen molar-refractivity contribution >= 4 is 11.9 Å². The Kier molecular flexibility index (Phi) is 1.04. The molecular weight excluding hydrogens is 170 g/mol. The molecule has 66 valence electrons. The molecule has 0 saturated heterocycles. The summed E-state index contributed by atoms with van der Waals surface area (Å²) in [5.74, 6) is 0.587. The van der Waals surface area contributed by atoms with Gasteiger partial charge in [-0.2, -0.15) is 0 Å². The minimum absolute atomic E-state index is 0.404. The van der Waals surface area contributed by atoms with Crippen LogP contribution in [0.2, 0.25) is 0 Å². The molecule has 13 heavy (non-hydrogen) atoms. The van der Waals surface area contributed by atoms with E-state index in [2.05, 4.69) is 15.3 Å². The van der Waals surface area contributed by atoms with Crippen LogP contribution in [-0.2, 0) is 10.3 Å². The van der Waals surface area contributed by atoms with Crippen LogP contribution in [0.25, 0.3) is 0 Å². The Morgan fingerprint density at radius 1 is 1.54 bits per heavy atom. The van der Waals surface area contributed by atoms with Gasteiger partial charge >= 0.3 is 6.09 Å². The minimum atomic E-state index is -0.413. The molecule has 3 rings (SSSR count). The van der Waals surface area contributed by atoms with Gasteiger partial charge in [-0.25, -0.2) is 14.8 Å². The Morgan fingerprint density at radius 2 is 2.38 bits per heavy atom. The van der Waals surface area contributed by atoms with E-state index in [-0.39, 0.29) is 0 Å². The summed E-state index contributed by atoms with van der Waals surface area (Å²) in [6.45, 7) is 0. The molecule has 2 heterocycles. The number of ether oxygens (including phenoxy) is 1. The fourth-order valence-corrected chi connectivity index (χ4v) is 1.60. The highest BCUT2D eigenvalue weighted by atomic mass is 16.6. The Balaban J connectivity index is 2.17. The Morgan fingerprint density at radius 3 is 3.15 bits per heavy atom. The lowest BCUT2D eigenvalue weighted by Crippen LogP contribution is -2.30. The van der Waals surface area contributed by atoms with Gasteiger partial charge in [0.05, 0.1) is 5.56 Å². The van der Waals surface area contributed by atoms with Gasteiger partial charge in [-0.05, 0) is 12.8 Å². The highest BCUT2D eigenvalue weighted by molar-refractivity contribution is 5.87. The van der Waals surface area contributed by atoms with E-state index in [9.17, 15) is 4.79 Å². The largest absolute Gasteiger partial charge is 0.438 e. The number of anilines is 1. The smallest absolute Gasteiger partial charge is 0.413 e. The highest BCUT2D eigenvalue weighted by Gasteiger charge is 2.53. The van der Waals surface area contributed by atoms with Crippen LogP contribution in [0.5, 0.6) is 0 Å². The number of aromatic nitrogens is 2. The highest BCUT2D eigenvalue weighted by Crippen LogP contribution is 2.52. The van der Waals surface area contributed by atoms with Crippen LogP contribution in [0.1, 0.15) is 18.4 Å². The molecule has 1 amide bonds. The number of rotatable bonds is 0. The van der Waals surface area contributed by atoms with Crippen molar-refractivity contribution in [1.29, 1.82) is 0 Å². The van der Waals surface area contributed by atoms with Crippen LogP contribution in [0.4, 0.5) is 10.6 Å². The topological polar surface area (TPSA) is 64.1 Å². The van der Waals surface area contributed by atoms with Crippen LogP contribution in [-0.4, -0.2) is 16.1 Å². The van der Waals surface area contributed by atoms with Crippen molar-refractivity contribution in [2.45, 2.75) is 18.4 Å². The van der Waals surface area contributed by atoms with Crippen LogP contribution in [0.3, 0.4) is 0 Å². The van der Waals surface area contributed by atoms with E-state index in [0.717, 1.165) is 18.4 Å². The van der Waals surface area contributed by atoms with Crippen molar-refractivity contribution in [1.82, 2.24) is 9.97 Å². The van der Waals surface area contributed by atoms with Crippen molar-refractivity contribution < 1.29 is 9.53 Å². The normalized spacial score (nSPS) is 21.7. The molecular formula is C8H7N3O2. The third-order valence-corrected chi connectivity index (χ3v) is 2.42. The SMILES string of the molecule is O=C1Nc2ncncc2C2(CC2)O1. The lowest BCUT2D eigenvalue weighted by atomic mass is 10.1. The predicted octanol–water partition coefficient (Wildman–Crippen LogP) is 1.03. The summed E-state index contributed by atoms with van der Waals surface area (Å²) in [6, 6.07) is 0. The molecule has 1 aromatic heterocycles. The Labute approximate surface area is 74.1 Å². The first-order valence-corrected chi connectivity index (χ1v) is 4.11. The van der Waals surface area contributed by atoms with Crippen molar-refractivity contribution in [3.63, 3.8) is 0 Å². The second kappa shape index (κ2) is 1.99. The first-order chi connectivity index (χ1) is 6.30. The minimum Gasteiger partial charge on any atom is -0.438 e. The zero-order valence-corrected chi connectivity index (χ0v) is 6.78. The van der Waals surface area contributed by atoms with E-state index in [1.54, 1.807) is 6.20 Å². The molecule has 1 N–H and O–H groups in total. The molecule has 1 saturated carbocycles. The van der Waals surface area contributed by atoms with Gasteiger partial charge in [0, 0.05) is 6.20 Å². The maximum absolute atomic E-state index is 11.1. The summed E-state index contributed by atoms with van der Waals surface area (Å²) >= 11 is 0. The van der Waals surface area contributed by atoms with Crippen LogP contribution in [0.15, 0.2) is 12.5 Å². The molecule has 0 atom stereocenters. The van der Waals surface area contributed by atoms with E-state index in [1.807, 2.05) is 0 Å². The van der Waals surface area contributed by atoms with Gasteiger partial charge in [0.1, 0.15) is 17.7 Å². The van der Waals surface area contributed by atoms with Gasteiger partial charge < -0.3 is 4.74 Å². The number of nitrogens with zero attached hydrogens (tertiary/aromatic N) is 2. The van der Waals surface area contributed by atoms with Crippen molar-refractivity contribution in [2.75, 3.05) is 5.32 Å². The molecule has 0 bridgehead atoms. The first-order valence-electron chi connectivity index (χ1n) is 4.11. The van der Waals surface area contributed by atoms with E-state index in [4.69, 9.17) is 4.74 Å². The summed E-state index contributed by atoms with van der Waals surface area (Å²) in [5, 5.41) is 2.54. The molecule has 5 heteroatoms. The van der Waals surface area contributed by atoms with Crippen molar-refractivity contribution in [3.05, 3.63) is 18.1 Å². The number of fused-ring (bicyclic) bond motifs is 2. The van der Waals surface area contributed by atoms with Crippen molar-refractivity contribution in [2.24, 2.45) is 0 Å². The number of amides is 1. The monoisotopic (exact) mass is 177 g/mol. The molecule has 1 spiro atoms. The van der Waals surface area contributed by atoms with Gasteiger partial charge in [-0.3, -0.25) is 5.32 Å². The number of nitrogens with one attached hydrogen (secondary N) is 1. The number of hydrogen-bond donors (Lipinski definition) is 1. The zero-order chi connectivity index (χ0) is 8.89. The lowest BCUT2D eigenvalue weighted by molar-refractivity contribution is 0.0886. The van der Waals surface area contributed by atoms with Crippen LogP contribution in [0, 0.1) is 0 Å². The molecule has 1 aliphatic heterocycles. The van der Waals surface area contributed by atoms with Crippen LogP contribution >= 0.6 is 0 Å². The lowest BCUT2D eigenvalue weighted by Gasteiger charge is -2.24.